The molecule has 5 nitrogen and oxygen atoms in total. The molecule has 0 saturated carbocycles. The highest BCUT2D eigenvalue weighted by atomic mass is 16.4. The normalized spacial score (nSPS) is 13.5. The number of carboxylic acid groups (broad SMARTS) is 1. The molecule has 0 saturated heterocycles. The topological polar surface area (TPSA) is 90.2 Å². The van der Waals surface area contributed by atoms with Gasteiger partial charge in [0.15, 0.2) is 0 Å². The second-order valence-electron chi connectivity index (χ2n) is 3.30. The number of aliphatic carboxylic acids is 1. The zero-order chi connectivity index (χ0) is 12.0. The van der Waals surface area contributed by atoms with Crippen LogP contribution in [-0.4, -0.2) is 23.5 Å². The third kappa shape index (κ3) is 4.27. The summed E-state index contributed by atoms with van der Waals surface area (Å²) in [6, 6.07) is 1.96. The van der Waals surface area contributed by atoms with Gasteiger partial charge in [-0.25, -0.2) is 4.79 Å². The van der Waals surface area contributed by atoms with Crippen LogP contribution in [0.4, 0.5) is 0 Å². The summed E-state index contributed by atoms with van der Waals surface area (Å²) in [5, 5.41) is 19.6. The number of hydrogen-bond donors (Lipinski definition) is 2. The number of hydrogen-bond acceptors (Lipinski definition) is 3. The summed E-state index contributed by atoms with van der Waals surface area (Å²) < 4.78 is 0. The molecule has 0 heterocycles. The van der Waals surface area contributed by atoms with Crippen LogP contribution in [-0.2, 0) is 9.59 Å². The number of carbonyl (C=O) groups is 2. The minimum atomic E-state index is -1.11. The molecule has 5 heteroatoms. The predicted octanol–water partition coefficient (Wildman–Crippen LogP) is 0.683. The summed E-state index contributed by atoms with van der Waals surface area (Å²) >= 11 is 0. The number of nitriles is 1. The van der Waals surface area contributed by atoms with Gasteiger partial charge in [-0.2, -0.15) is 5.26 Å². The van der Waals surface area contributed by atoms with E-state index >= 15 is 0 Å². The van der Waals surface area contributed by atoms with Crippen molar-refractivity contribution in [1.29, 1.82) is 5.26 Å². The van der Waals surface area contributed by atoms with Gasteiger partial charge in [0.05, 0.1) is 12.0 Å². The van der Waals surface area contributed by atoms with Gasteiger partial charge in [-0.05, 0) is 20.8 Å². The van der Waals surface area contributed by atoms with Gasteiger partial charge in [0.1, 0.15) is 0 Å². The van der Waals surface area contributed by atoms with Gasteiger partial charge in [-0.3, -0.25) is 4.79 Å². The van der Waals surface area contributed by atoms with Crippen molar-refractivity contribution in [2.24, 2.45) is 5.92 Å². The summed E-state index contributed by atoms with van der Waals surface area (Å²) in [4.78, 5) is 21.9. The molecule has 15 heavy (non-hydrogen) atoms. The molecule has 0 aliphatic rings. The van der Waals surface area contributed by atoms with Crippen molar-refractivity contribution in [3.05, 3.63) is 11.1 Å². The van der Waals surface area contributed by atoms with Gasteiger partial charge in [-0.15, -0.1) is 0 Å². The zero-order valence-electron chi connectivity index (χ0n) is 9.00. The first kappa shape index (κ1) is 13.2. The Hall–Kier alpha value is -1.83. The van der Waals surface area contributed by atoms with Crippen LogP contribution >= 0.6 is 0 Å². The summed E-state index contributed by atoms with van der Waals surface area (Å²) in [7, 11) is 0. The summed E-state index contributed by atoms with van der Waals surface area (Å²) in [6.45, 7) is 4.70. The number of carboxylic acids is 1. The second-order valence-corrected chi connectivity index (χ2v) is 3.30. The van der Waals surface area contributed by atoms with Gasteiger partial charge in [0, 0.05) is 17.7 Å². The molecule has 0 spiro atoms. The highest BCUT2D eigenvalue weighted by Gasteiger charge is 2.12. The zero-order valence-corrected chi connectivity index (χ0v) is 9.00. The van der Waals surface area contributed by atoms with Crippen LogP contribution in [0.1, 0.15) is 20.8 Å². The van der Waals surface area contributed by atoms with E-state index in [4.69, 9.17) is 10.4 Å². The van der Waals surface area contributed by atoms with Crippen LogP contribution in [0.2, 0.25) is 0 Å². The van der Waals surface area contributed by atoms with Crippen LogP contribution in [0, 0.1) is 17.2 Å². The molecule has 1 atom stereocenters. The first-order valence-corrected chi connectivity index (χ1v) is 4.48. The third-order valence-electron chi connectivity index (χ3n) is 2.01. The van der Waals surface area contributed by atoms with Gasteiger partial charge in [0.2, 0.25) is 5.91 Å². The maximum atomic E-state index is 11.4. The first-order chi connectivity index (χ1) is 6.90. The molecule has 0 aromatic heterocycles. The van der Waals surface area contributed by atoms with E-state index in [9.17, 15) is 9.59 Å². The van der Waals surface area contributed by atoms with E-state index in [0.717, 1.165) is 0 Å². The minimum absolute atomic E-state index is 0.0112. The molecule has 0 rings (SSSR count). The first-order valence-electron chi connectivity index (χ1n) is 4.48. The fourth-order valence-corrected chi connectivity index (χ4v) is 0.755. The summed E-state index contributed by atoms with van der Waals surface area (Å²) in [6.07, 6.45) is 0. The largest absolute Gasteiger partial charge is 0.478 e. The Bertz CT molecular complexity index is 339. The van der Waals surface area contributed by atoms with Crippen molar-refractivity contribution in [3.63, 3.8) is 0 Å². The van der Waals surface area contributed by atoms with Gasteiger partial charge >= 0.3 is 5.97 Å². The number of nitrogens with one attached hydrogen (secondary N) is 1. The molecule has 0 bridgehead atoms. The molecule has 0 aliphatic heterocycles. The number of amides is 1. The SMILES string of the molecule is CC(C(=O)O)=C(C)C(=O)NCC(C)C#N. The Kier molecular flexibility index (Phi) is 5.10. The van der Waals surface area contributed by atoms with Crippen molar-refractivity contribution in [2.45, 2.75) is 20.8 Å². The molecule has 0 aliphatic carbocycles. The maximum Gasteiger partial charge on any atom is 0.331 e. The average molecular weight is 210 g/mol. The van der Waals surface area contributed by atoms with E-state index in [1.54, 1.807) is 6.92 Å². The Morgan fingerprint density at radius 1 is 1.40 bits per heavy atom. The van der Waals surface area contributed by atoms with Crippen molar-refractivity contribution in [3.8, 4) is 6.07 Å². The fourth-order valence-electron chi connectivity index (χ4n) is 0.755. The van der Waals surface area contributed by atoms with Crippen molar-refractivity contribution >= 4 is 11.9 Å². The van der Waals surface area contributed by atoms with E-state index in [-0.39, 0.29) is 23.6 Å². The van der Waals surface area contributed by atoms with Crippen molar-refractivity contribution < 1.29 is 14.7 Å². The Balaban J connectivity index is 4.42. The van der Waals surface area contributed by atoms with Crippen LogP contribution in [0.5, 0.6) is 0 Å². The molecule has 2 N–H and O–H groups in total. The lowest BCUT2D eigenvalue weighted by molar-refractivity contribution is -0.133. The third-order valence-corrected chi connectivity index (χ3v) is 2.01. The highest BCUT2D eigenvalue weighted by molar-refractivity contribution is 6.01. The van der Waals surface area contributed by atoms with E-state index in [0.29, 0.717) is 0 Å². The molecule has 0 aromatic rings. The van der Waals surface area contributed by atoms with Gasteiger partial charge in [0.25, 0.3) is 0 Å². The van der Waals surface area contributed by atoms with Crippen LogP contribution < -0.4 is 5.32 Å². The van der Waals surface area contributed by atoms with Crippen LogP contribution in [0.15, 0.2) is 11.1 Å². The molecular weight excluding hydrogens is 196 g/mol. The summed E-state index contributed by atoms with van der Waals surface area (Å²) in [5.41, 5.74) is 0.171. The number of nitrogens with zero attached hydrogens (tertiary/aromatic N) is 1. The molecule has 1 unspecified atom stereocenters. The lowest BCUT2D eigenvalue weighted by Crippen LogP contribution is -2.29. The maximum absolute atomic E-state index is 11.4. The Morgan fingerprint density at radius 3 is 2.33 bits per heavy atom. The molecule has 0 radical (unpaired) electrons. The number of carbonyl (C=O) groups excluding carboxylic acids is 1. The molecule has 0 aromatic carbocycles. The smallest absolute Gasteiger partial charge is 0.331 e. The molecular formula is C10H14N2O3. The van der Waals surface area contributed by atoms with E-state index in [1.807, 2.05) is 6.07 Å². The van der Waals surface area contributed by atoms with E-state index in [1.165, 1.54) is 13.8 Å². The Morgan fingerprint density at radius 2 is 1.93 bits per heavy atom. The van der Waals surface area contributed by atoms with Crippen molar-refractivity contribution in [2.75, 3.05) is 6.54 Å². The predicted molar refractivity (Wildman–Crippen MR) is 53.8 cm³/mol. The molecule has 0 fully saturated rings. The Labute approximate surface area is 88.4 Å². The highest BCUT2D eigenvalue weighted by Crippen LogP contribution is 2.03. The standard InChI is InChI=1S/C10H14N2O3/c1-6(4-11)5-12-9(13)7(2)8(3)10(14)15/h6H,5H2,1-3H3,(H,12,13)(H,14,15). The van der Waals surface area contributed by atoms with Crippen LogP contribution in [0.3, 0.4) is 0 Å². The van der Waals surface area contributed by atoms with Crippen molar-refractivity contribution in [1.82, 2.24) is 5.32 Å². The molecule has 1 amide bonds. The average Bonchev–Trinajstić information content (AvgIpc) is 2.22. The number of rotatable bonds is 4. The quantitative estimate of drug-likeness (QED) is 0.668. The lowest BCUT2D eigenvalue weighted by atomic mass is 10.1. The van der Waals surface area contributed by atoms with Gasteiger partial charge in [-0.1, -0.05) is 0 Å². The second kappa shape index (κ2) is 5.81. The minimum Gasteiger partial charge on any atom is -0.478 e. The van der Waals surface area contributed by atoms with Crippen LogP contribution in [0.25, 0.3) is 0 Å². The molecule has 82 valence electrons. The van der Waals surface area contributed by atoms with E-state index < -0.39 is 11.9 Å². The van der Waals surface area contributed by atoms with Gasteiger partial charge < -0.3 is 10.4 Å². The fraction of sp³-hybridized carbons (Fsp3) is 0.500. The monoisotopic (exact) mass is 210 g/mol. The summed E-state index contributed by atoms with van der Waals surface area (Å²) in [5.74, 6) is -1.85. The van der Waals surface area contributed by atoms with E-state index in [2.05, 4.69) is 5.32 Å². The lowest BCUT2D eigenvalue weighted by Gasteiger charge is -2.07.